The first-order valence-corrected chi connectivity index (χ1v) is 4.39. The van der Waals surface area contributed by atoms with Crippen molar-refractivity contribution < 1.29 is 0 Å². The zero-order valence-corrected chi connectivity index (χ0v) is 7.96. The largest absolute Gasteiger partial charge is 0.369 e. The number of aryl methyl sites for hydroxylation is 1. The van der Waals surface area contributed by atoms with Gasteiger partial charge < -0.3 is 5.32 Å². The van der Waals surface area contributed by atoms with Crippen molar-refractivity contribution in [1.82, 2.24) is 4.98 Å². The van der Waals surface area contributed by atoms with Crippen LogP contribution in [0.4, 0.5) is 5.82 Å². The summed E-state index contributed by atoms with van der Waals surface area (Å²) in [6, 6.07) is 3.99. The zero-order chi connectivity index (χ0) is 9.68. The van der Waals surface area contributed by atoms with Gasteiger partial charge in [0.2, 0.25) is 0 Å². The van der Waals surface area contributed by atoms with E-state index in [1.165, 1.54) is 0 Å². The summed E-state index contributed by atoms with van der Waals surface area (Å²) >= 11 is 0. The monoisotopic (exact) mass is 175 g/mol. The number of rotatable bonds is 3. The molecule has 0 saturated carbocycles. The SMILES string of the molecule is CCCNc1nccc(C)c1C#N. The topological polar surface area (TPSA) is 48.7 Å². The van der Waals surface area contributed by atoms with Gasteiger partial charge in [-0.2, -0.15) is 5.26 Å². The smallest absolute Gasteiger partial charge is 0.144 e. The van der Waals surface area contributed by atoms with Gasteiger partial charge in [0.25, 0.3) is 0 Å². The summed E-state index contributed by atoms with van der Waals surface area (Å²) in [7, 11) is 0. The fourth-order valence-electron chi connectivity index (χ4n) is 1.08. The molecule has 0 bridgehead atoms. The van der Waals surface area contributed by atoms with Crippen LogP contribution in [0.15, 0.2) is 12.3 Å². The highest BCUT2D eigenvalue weighted by molar-refractivity contribution is 5.55. The number of nitriles is 1. The summed E-state index contributed by atoms with van der Waals surface area (Å²) < 4.78 is 0. The molecule has 1 rings (SSSR count). The quantitative estimate of drug-likeness (QED) is 0.765. The number of nitrogens with zero attached hydrogens (tertiary/aromatic N) is 2. The van der Waals surface area contributed by atoms with E-state index < -0.39 is 0 Å². The lowest BCUT2D eigenvalue weighted by Crippen LogP contribution is -2.04. The second-order valence-corrected chi connectivity index (χ2v) is 2.89. The number of pyridine rings is 1. The molecule has 0 fully saturated rings. The lowest BCUT2D eigenvalue weighted by atomic mass is 10.1. The molecule has 1 heterocycles. The first kappa shape index (κ1) is 9.53. The summed E-state index contributed by atoms with van der Waals surface area (Å²) in [6.45, 7) is 4.84. The minimum absolute atomic E-state index is 0.649. The Morgan fingerprint density at radius 1 is 1.62 bits per heavy atom. The summed E-state index contributed by atoms with van der Waals surface area (Å²) in [5.41, 5.74) is 1.62. The van der Waals surface area contributed by atoms with E-state index in [0.29, 0.717) is 11.4 Å². The third kappa shape index (κ3) is 2.19. The maximum Gasteiger partial charge on any atom is 0.144 e. The molecule has 0 saturated heterocycles. The van der Waals surface area contributed by atoms with Crippen LogP contribution in [0.25, 0.3) is 0 Å². The highest BCUT2D eigenvalue weighted by Gasteiger charge is 2.04. The highest BCUT2D eigenvalue weighted by Crippen LogP contribution is 2.14. The Labute approximate surface area is 78.4 Å². The van der Waals surface area contributed by atoms with Gasteiger partial charge in [-0.1, -0.05) is 6.92 Å². The summed E-state index contributed by atoms with van der Waals surface area (Å²) in [5.74, 6) is 0.698. The molecule has 0 atom stereocenters. The van der Waals surface area contributed by atoms with Crippen LogP contribution in [0.2, 0.25) is 0 Å². The Morgan fingerprint density at radius 3 is 3.00 bits per heavy atom. The number of hydrogen-bond donors (Lipinski definition) is 1. The maximum atomic E-state index is 8.87. The van der Waals surface area contributed by atoms with E-state index >= 15 is 0 Å². The van der Waals surface area contributed by atoms with E-state index in [-0.39, 0.29) is 0 Å². The van der Waals surface area contributed by atoms with E-state index in [4.69, 9.17) is 5.26 Å². The van der Waals surface area contributed by atoms with Crippen molar-refractivity contribution in [3.8, 4) is 6.07 Å². The zero-order valence-electron chi connectivity index (χ0n) is 7.96. The van der Waals surface area contributed by atoms with E-state index in [1.54, 1.807) is 6.20 Å². The molecule has 0 radical (unpaired) electrons. The highest BCUT2D eigenvalue weighted by atomic mass is 15.0. The minimum Gasteiger partial charge on any atom is -0.369 e. The summed E-state index contributed by atoms with van der Waals surface area (Å²) in [6.07, 6.45) is 2.74. The van der Waals surface area contributed by atoms with Gasteiger partial charge in [-0.25, -0.2) is 4.98 Å². The maximum absolute atomic E-state index is 8.87. The van der Waals surface area contributed by atoms with Gasteiger partial charge in [0, 0.05) is 12.7 Å². The molecule has 3 nitrogen and oxygen atoms in total. The summed E-state index contributed by atoms with van der Waals surface area (Å²) in [4.78, 5) is 4.11. The lowest BCUT2D eigenvalue weighted by molar-refractivity contribution is 0.966. The van der Waals surface area contributed by atoms with E-state index in [9.17, 15) is 0 Å². The molecule has 0 amide bonds. The van der Waals surface area contributed by atoms with Crippen LogP contribution in [-0.4, -0.2) is 11.5 Å². The molecule has 0 aliphatic heterocycles. The average Bonchev–Trinajstić information content (AvgIpc) is 2.15. The number of nitrogens with one attached hydrogen (secondary N) is 1. The predicted molar refractivity (Wildman–Crippen MR) is 52.5 cm³/mol. The molecule has 1 aromatic rings. The molecule has 0 aromatic carbocycles. The van der Waals surface area contributed by atoms with Crippen molar-refractivity contribution in [3.63, 3.8) is 0 Å². The first-order chi connectivity index (χ1) is 6.29. The van der Waals surface area contributed by atoms with Gasteiger partial charge in [-0.15, -0.1) is 0 Å². The van der Waals surface area contributed by atoms with Gasteiger partial charge in [-0.05, 0) is 25.0 Å². The standard InChI is InChI=1S/C10H13N3/c1-3-5-12-10-9(7-11)8(2)4-6-13-10/h4,6H,3,5H2,1-2H3,(H,12,13). The molecule has 0 aliphatic rings. The van der Waals surface area contributed by atoms with E-state index in [0.717, 1.165) is 18.5 Å². The number of anilines is 1. The van der Waals surface area contributed by atoms with Crippen molar-refractivity contribution in [2.75, 3.05) is 11.9 Å². The van der Waals surface area contributed by atoms with Crippen LogP contribution in [0.1, 0.15) is 24.5 Å². The van der Waals surface area contributed by atoms with Crippen molar-refractivity contribution in [3.05, 3.63) is 23.4 Å². The van der Waals surface area contributed by atoms with Gasteiger partial charge in [0.1, 0.15) is 11.9 Å². The van der Waals surface area contributed by atoms with E-state index in [1.807, 2.05) is 13.0 Å². The lowest BCUT2D eigenvalue weighted by Gasteiger charge is -2.06. The first-order valence-electron chi connectivity index (χ1n) is 4.39. The van der Waals surface area contributed by atoms with Crippen molar-refractivity contribution in [1.29, 1.82) is 5.26 Å². The minimum atomic E-state index is 0.649. The number of hydrogen-bond acceptors (Lipinski definition) is 3. The van der Waals surface area contributed by atoms with Crippen molar-refractivity contribution in [2.24, 2.45) is 0 Å². The van der Waals surface area contributed by atoms with Crippen LogP contribution in [-0.2, 0) is 0 Å². The molecular formula is C10H13N3. The van der Waals surface area contributed by atoms with E-state index in [2.05, 4.69) is 23.3 Å². The molecule has 13 heavy (non-hydrogen) atoms. The third-order valence-electron chi connectivity index (χ3n) is 1.81. The normalized spacial score (nSPS) is 9.31. The average molecular weight is 175 g/mol. The molecular weight excluding hydrogens is 162 g/mol. The predicted octanol–water partition coefficient (Wildman–Crippen LogP) is 2.08. The second kappa shape index (κ2) is 4.46. The molecule has 1 aromatic heterocycles. The van der Waals surface area contributed by atoms with Crippen molar-refractivity contribution in [2.45, 2.75) is 20.3 Å². The fourth-order valence-corrected chi connectivity index (χ4v) is 1.08. The van der Waals surface area contributed by atoms with Gasteiger partial charge in [0.05, 0.1) is 5.56 Å². The van der Waals surface area contributed by atoms with Gasteiger partial charge in [-0.3, -0.25) is 0 Å². The molecule has 0 aliphatic carbocycles. The molecule has 0 unspecified atom stereocenters. The Hall–Kier alpha value is -1.56. The number of aromatic nitrogens is 1. The van der Waals surface area contributed by atoms with Crippen LogP contribution < -0.4 is 5.32 Å². The molecule has 68 valence electrons. The Kier molecular flexibility index (Phi) is 3.27. The van der Waals surface area contributed by atoms with Gasteiger partial charge in [0.15, 0.2) is 0 Å². The van der Waals surface area contributed by atoms with Crippen LogP contribution >= 0.6 is 0 Å². The second-order valence-electron chi connectivity index (χ2n) is 2.89. The Bertz CT molecular complexity index is 325. The molecule has 3 heteroatoms. The molecule has 1 N–H and O–H groups in total. The summed E-state index contributed by atoms with van der Waals surface area (Å²) in [5, 5.41) is 12.0. The Balaban J connectivity index is 2.93. The third-order valence-corrected chi connectivity index (χ3v) is 1.81. The molecule has 0 spiro atoms. The Morgan fingerprint density at radius 2 is 2.38 bits per heavy atom. The van der Waals surface area contributed by atoms with Gasteiger partial charge >= 0.3 is 0 Å². The van der Waals surface area contributed by atoms with Crippen LogP contribution in [0, 0.1) is 18.3 Å². The fraction of sp³-hybridized carbons (Fsp3) is 0.400. The van der Waals surface area contributed by atoms with Crippen molar-refractivity contribution >= 4 is 5.82 Å². The van der Waals surface area contributed by atoms with Crippen LogP contribution in [0.5, 0.6) is 0 Å². The van der Waals surface area contributed by atoms with Crippen LogP contribution in [0.3, 0.4) is 0 Å².